The second-order valence-electron chi connectivity index (χ2n) is 6.91. The van der Waals surface area contributed by atoms with Crippen LogP contribution in [0.3, 0.4) is 0 Å². The molecule has 2 aliphatic rings. The number of halogens is 6. The first kappa shape index (κ1) is 28.6. The monoisotopic (exact) mass is 490 g/mol. The lowest BCUT2D eigenvalue weighted by Crippen LogP contribution is -2.42. The number of ether oxygens (including phenoxy) is 2. The molecule has 1 aromatic rings. The number of nitrogens with zero attached hydrogens (tertiary/aromatic N) is 2. The molecule has 2 bridgehead atoms. The molecule has 8 nitrogen and oxygen atoms in total. The Morgan fingerprint density at radius 2 is 1.73 bits per heavy atom. The molecule has 1 aliphatic carbocycles. The van der Waals surface area contributed by atoms with Gasteiger partial charge in [-0.05, 0) is 31.4 Å². The van der Waals surface area contributed by atoms with Crippen LogP contribution in [0.5, 0.6) is 0 Å². The zero-order valence-electron chi connectivity index (χ0n) is 17.5. The molecule has 1 saturated heterocycles. The minimum atomic E-state index is -5.08. The van der Waals surface area contributed by atoms with Gasteiger partial charge < -0.3 is 19.7 Å². The van der Waals surface area contributed by atoms with Crippen LogP contribution in [0, 0.1) is 0 Å². The number of alkyl halides is 6. The number of rotatable bonds is 4. The molecule has 14 heteroatoms. The number of hydrogen-bond acceptors (Lipinski definition) is 6. The van der Waals surface area contributed by atoms with Crippen LogP contribution < -0.4 is 0 Å². The third-order valence-corrected chi connectivity index (χ3v) is 4.62. The quantitative estimate of drug-likeness (QED) is 0.620. The second-order valence-corrected chi connectivity index (χ2v) is 6.91. The van der Waals surface area contributed by atoms with Crippen molar-refractivity contribution in [3.05, 3.63) is 30.1 Å². The molecule has 2 N–H and O–H groups in total. The molecule has 3 unspecified atom stereocenters. The van der Waals surface area contributed by atoms with E-state index in [9.17, 15) is 26.3 Å². The van der Waals surface area contributed by atoms with Crippen molar-refractivity contribution in [1.29, 1.82) is 0 Å². The van der Waals surface area contributed by atoms with E-state index in [-0.39, 0.29) is 6.10 Å². The lowest BCUT2D eigenvalue weighted by atomic mass is 10.1. The van der Waals surface area contributed by atoms with E-state index in [1.165, 1.54) is 12.0 Å². The summed E-state index contributed by atoms with van der Waals surface area (Å²) in [5.41, 5.74) is 1.27. The molecule has 3 rings (SSSR count). The first-order valence-electron chi connectivity index (χ1n) is 9.73. The maximum absolute atomic E-state index is 10.6. The van der Waals surface area contributed by atoms with Gasteiger partial charge in [-0.15, -0.1) is 0 Å². The van der Waals surface area contributed by atoms with Gasteiger partial charge in [0, 0.05) is 38.1 Å². The van der Waals surface area contributed by atoms with Crippen LogP contribution in [-0.4, -0.2) is 82.4 Å². The summed E-state index contributed by atoms with van der Waals surface area (Å²) in [5.74, 6) is -5.51. The molecule has 0 spiro atoms. The van der Waals surface area contributed by atoms with Gasteiger partial charge in [-0.3, -0.25) is 9.88 Å². The number of carbonyl (C=O) groups is 2. The molecule has 3 atom stereocenters. The van der Waals surface area contributed by atoms with E-state index in [1.54, 1.807) is 0 Å². The average molecular weight is 490 g/mol. The highest BCUT2D eigenvalue weighted by Gasteiger charge is 2.42. The molecule has 1 aromatic heterocycles. The Hall–Kier alpha value is -2.45. The van der Waals surface area contributed by atoms with Crippen LogP contribution in [0.4, 0.5) is 26.3 Å². The number of carboxylic acids is 2. The molecule has 1 saturated carbocycles. The van der Waals surface area contributed by atoms with Crippen LogP contribution >= 0.6 is 0 Å². The molecule has 0 amide bonds. The fourth-order valence-corrected chi connectivity index (χ4v) is 3.30. The molecule has 0 radical (unpaired) electrons. The first-order chi connectivity index (χ1) is 15.3. The number of aromatic nitrogens is 1. The van der Waals surface area contributed by atoms with Gasteiger partial charge in [0.2, 0.25) is 0 Å². The predicted molar refractivity (Wildman–Crippen MR) is 100 cm³/mol. The van der Waals surface area contributed by atoms with E-state index in [4.69, 9.17) is 29.3 Å². The molecule has 2 fully saturated rings. The summed E-state index contributed by atoms with van der Waals surface area (Å²) in [6.07, 6.45) is -3.56. The molecule has 0 aromatic carbocycles. The molecule has 33 heavy (non-hydrogen) atoms. The summed E-state index contributed by atoms with van der Waals surface area (Å²) in [4.78, 5) is 24.5. The number of carboxylic acid groups (broad SMARTS) is 2. The highest BCUT2D eigenvalue weighted by atomic mass is 19.4. The Bertz CT molecular complexity index is 723. The van der Waals surface area contributed by atoms with Gasteiger partial charge in [-0.25, -0.2) is 9.59 Å². The summed E-state index contributed by atoms with van der Waals surface area (Å²) >= 11 is 0. The van der Waals surface area contributed by atoms with Crippen LogP contribution in [0.1, 0.15) is 25.3 Å². The summed E-state index contributed by atoms with van der Waals surface area (Å²) in [7, 11) is 0. The average Bonchev–Trinajstić information content (AvgIpc) is 3.01. The van der Waals surface area contributed by atoms with Crippen molar-refractivity contribution in [1.82, 2.24) is 9.88 Å². The summed E-state index contributed by atoms with van der Waals surface area (Å²) in [5, 5.41) is 14.2. The normalized spacial score (nSPS) is 22.8. The summed E-state index contributed by atoms with van der Waals surface area (Å²) in [6, 6.07) is 4.63. The minimum absolute atomic E-state index is 0.240. The van der Waals surface area contributed by atoms with E-state index in [0.29, 0.717) is 12.1 Å². The zero-order chi connectivity index (χ0) is 25.2. The Morgan fingerprint density at radius 1 is 1.15 bits per heavy atom. The highest BCUT2D eigenvalue weighted by molar-refractivity contribution is 5.73. The highest BCUT2D eigenvalue weighted by Crippen LogP contribution is 2.32. The molecule has 2 heterocycles. The smallest absolute Gasteiger partial charge is 0.475 e. The van der Waals surface area contributed by atoms with Crippen molar-refractivity contribution in [2.45, 2.75) is 56.9 Å². The van der Waals surface area contributed by atoms with Crippen molar-refractivity contribution in [2.24, 2.45) is 0 Å². The van der Waals surface area contributed by atoms with Crippen molar-refractivity contribution >= 4 is 11.9 Å². The third-order valence-electron chi connectivity index (χ3n) is 4.62. The Labute approximate surface area is 185 Å². The van der Waals surface area contributed by atoms with Gasteiger partial charge in [0.05, 0.1) is 18.8 Å². The largest absolute Gasteiger partial charge is 0.490 e. The van der Waals surface area contributed by atoms with Crippen LogP contribution in [-0.2, 0) is 25.6 Å². The molecule has 1 aliphatic heterocycles. The molecular formula is C19H24F6N2O6. The van der Waals surface area contributed by atoms with Gasteiger partial charge >= 0.3 is 24.3 Å². The van der Waals surface area contributed by atoms with Gasteiger partial charge in [-0.1, -0.05) is 6.07 Å². The van der Waals surface area contributed by atoms with Gasteiger partial charge in [0.15, 0.2) is 0 Å². The third kappa shape index (κ3) is 9.92. The lowest BCUT2D eigenvalue weighted by Gasteiger charge is -2.30. The fraction of sp³-hybridized carbons (Fsp3) is 0.632. The van der Waals surface area contributed by atoms with Crippen LogP contribution in [0.15, 0.2) is 24.5 Å². The molecular weight excluding hydrogens is 466 g/mol. The SMILES string of the molecule is CCOC1C2CCC1N(Cc1cccnc1)CCO2.O=C(O)C(F)(F)F.O=C(O)C(F)(F)F. The second kappa shape index (κ2) is 12.7. The summed E-state index contributed by atoms with van der Waals surface area (Å²) in [6.45, 7) is 5.57. The van der Waals surface area contributed by atoms with E-state index < -0.39 is 24.3 Å². The van der Waals surface area contributed by atoms with E-state index in [1.807, 2.05) is 18.5 Å². The van der Waals surface area contributed by atoms with E-state index >= 15 is 0 Å². The number of hydrogen-bond donors (Lipinski definition) is 2. The van der Waals surface area contributed by atoms with Crippen LogP contribution in [0.2, 0.25) is 0 Å². The Morgan fingerprint density at radius 3 is 2.18 bits per heavy atom. The minimum Gasteiger partial charge on any atom is -0.475 e. The van der Waals surface area contributed by atoms with Crippen molar-refractivity contribution in [3.63, 3.8) is 0 Å². The van der Waals surface area contributed by atoms with Crippen molar-refractivity contribution < 1.29 is 55.6 Å². The maximum Gasteiger partial charge on any atom is 0.490 e. The fourth-order valence-electron chi connectivity index (χ4n) is 3.30. The number of aliphatic carboxylic acids is 2. The van der Waals surface area contributed by atoms with Crippen LogP contribution in [0.25, 0.3) is 0 Å². The van der Waals surface area contributed by atoms with E-state index in [2.05, 4.69) is 22.9 Å². The zero-order valence-corrected chi connectivity index (χ0v) is 17.5. The van der Waals surface area contributed by atoms with Crippen molar-refractivity contribution in [2.75, 3.05) is 19.8 Å². The lowest BCUT2D eigenvalue weighted by molar-refractivity contribution is -0.193. The maximum atomic E-state index is 10.6. The number of fused-ring (bicyclic) bond motifs is 2. The first-order valence-corrected chi connectivity index (χ1v) is 9.73. The predicted octanol–water partition coefficient (Wildman–Crippen LogP) is 3.12. The summed E-state index contributed by atoms with van der Waals surface area (Å²) < 4.78 is 75.4. The van der Waals surface area contributed by atoms with E-state index in [0.717, 1.165) is 32.7 Å². The van der Waals surface area contributed by atoms with Crippen molar-refractivity contribution in [3.8, 4) is 0 Å². The van der Waals surface area contributed by atoms with Gasteiger partial charge in [0.25, 0.3) is 0 Å². The Balaban J connectivity index is 0.000000324. The van der Waals surface area contributed by atoms with Gasteiger partial charge in [0.1, 0.15) is 0 Å². The van der Waals surface area contributed by atoms with Gasteiger partial charge in [-0.2, -0.15) is 26.3 Å². The number of pyridine rings is 1. The Kier molecular flexibility index (Phi) is 11.0. The molecule has 188 valence electrons. The standard InChI is InChI=1S/C15H22N2O2.2C2HF3O2/c1-2-18-15-13-5-6-14(15)19-9-8-17(13)11-12-4-3-7-16-10-12;2*3-2(4,5)1(6)7/h3-4,7,10,13-15H,2,5-6,8-9,11H2,1H3;2*(H,6,7). The topological polar surface area (TPSA) is 109 Å².